The van der Waals surface area contributed by atoms with E-state index in [-0.39, 0.29) is 12.4 Å². The van der Waals surface area contributed by atoms with Gasteiger partial charge in [0.15, 0.2) is 5.65 Å². The molecule has 0 amide bonds. The quantitative estimate of drug-likeness (QED) is 0.228. The highest BCUT2D eigenvalue weighted by molar-refractivity contribution is 5.78. The van der Waals surface area contributed by atoms with Gasteiger partial charge < -0.3 is 19.6 Å². The van der Waals surface area contributed by atoms with Crippen LogP contribution in [0.15, 0.2) is 91.1 Å². The lowest BCUT2D eigenvalue weighted by atomic mass is 10.1. The number of H-pyrrole nitrogens is 1. The summed E-state index contributed by atoms with van der Waals surface area (Å²) in [5.41, 5.74) is 3.72. The molecule has 0 saturated carbocycles. The zero-order valence-electron chi connectivity index (χ0n) is 20.2. The van der Waals surface area contributed by atoms with Crippen molar-refractivity contribution in [3.63, 3.8) is 0 Å². The van der Waals surface area contributed by atoms with Gasteiger partial charge in [-0.05, 0) is 35.9 Å². The van der Waals surface area contributed by atoms with E-state index in [1.807, 2.05) is 54.6 Å². The summed E-state index contributed by atoms with van der Waals surface area (Å²) in [5, 5.41) is 7.12. The molecule has 5 rings (SSSR count). The van der Waals surface area contributed by atoms with Crippen molar-refractivity contribution in [2.45, 2.75) is 19.4 Å². The Morgan fingerprint density at radius 2 is 1.62 bits per heavy atom. The highest BCUT2D eigenvalue weighted by Gasteiger charge is 2.38. The number of nitrogens with zero attached hydrogens (tertiary/aromatic N) is 2. The molecule has 0 saturated heterocycles. The third-order valence-electron chi connectivity index (χ3n) is 5.30. The molecule has 0 fully saturated rings. The molecule has 0 atom stereocenters. The summed E-state index contributed by atoms with van der Waals surface area (Å²) in [6.45, 7) is 0.516. The fourth-order valence-electron chi connectivity index (χ4n) is 3.39. The van der Waals surface area contributed by atoms with Crippen LogP contribution in [-0.4, -0.2) is 32.2 Å². The number of nitrogens with one attached hydrogen (secondary N) is 1. The summed E-state index contributed by atoms with van der Waals surface area (Å²) in [5.74, 6) is -1.25. The molecule has 0 aliphatic rings. The number of alkyl halides is 3. The molecule has 0 unspecified atom stereocenters. The number of pyridine rings is 1. The lowest BCUT2D eigenvalue weighted by Gasteiger charge is -2.13. The monoisotopic (exact) mass is 539 g/mol. The number of imidazole rings is 1. The van der Waals surface area contributed by atoms with E-state index < -0.39 is 12.1 Å². The van der Waals surface area contributed by atoms with Gasteiger partial charge in [-0.2, -0.15) is 13.2 Å². The molecule has 200 valence electrons. The Kier molecular flexibility index (Phi) is 8.40. The molecule has 0 aliphatic heterocycles. The molecule has 2 aromatic heterocycles. The van der Waals surface area contributed by atoms with Crippen LogP contribution in [0.5, 0.6) is 11.5 Å². The minimum absolute atomic E-state index is 0.0836. The zero-order valence-corrected chi connectivity index (χ0v) is 20.2. The summed E-state index contributed by atoms with van der Waals surface area (Å²) in [6.07, 6.45) is -3.39. The standard InChI is InChI=1S/C26H20FN3O2.C2HF3O2/c27-22-10-5-4-9-19(22)17-32-24-15-20(31-16-18-7-2-1-3-8-18)12-13-21(24)25-29-23-11-6-14-28-26(23)30-25;3-2(4,5)1(6)7/h1-15H,16-17H2,(H,28,29,30);(H,6,7). The van der Waals surface area contributed by atoms with E-state index in [0.29, 0.717) is 35.1 Å². The number of hydrogen-bond donors (Lipinski definition) is 2. The lowest BCUT2D eigenvalue weighted by molar-refractivity contribution is -0.192. The highest BCUT2D eigenvalue weighted by Crippen LogP contribution is 2.34. The minimum Gasteiger partial charge on any atom is -0.489 e. The SMILES string of the molecule is Fc1ccccc1COc1cc(OCc2ccccc2)ccc1-c1nc2ncccc2[nH]1.O=C(O)C(F)(F)F. The molecule has 0 bridgehead atoms. The van der Waals surface area contributed by atoms with Crippen LogP contribution in [0, 0.1) is 5.82 Å². The number of ether oxygens (including phenoxy) is 2. The zero-order chi connectivity index (χ0) is 27.8. The van der Waals surface area contributed by atoms with E-state index in [9.17, 15) is 17.6 Å². The summed E-state index contributed by atoms with van der Waals surface area (Å²) < 4.78 is 57.9. The van der Waals surface area contributed by atoms with Gasteiger partial charge in [0.25, 0.3) is 0 Å². The largest absolute Gasteiger partial charge is 0.490 e. The Morgan fingerprint density at radius 3 is 2.31 bits per heavy atom. The first kappa shape index (κ1) is 27.1. The summed E-state index contributed by atoms with van der Waals surface area (Å²) in [7, 11) is 0. The second-order valence-corrected chi connectivity index (χ2v) is 8.08. The van der Waals surface area contributed by atoms with Crippen molar-refractivity contribution < 1.29 is 36.9 Å². The molecule has 7 nitrogen and oxygen atoms in total. The van der Waals surface area contributed by atoms with Gasteiger partial charge in [0.2, 0.25) is 0 Å². The van der Waals surface area contributed by atoms with Crippen molar-refractivity contribution in [1.29, 1.82) is 0 Å². The second-order valence-electron chi connectivity index (χ2n) is 8.08. The molecular formula is C28H21F4N3O4. The van der Waals surface area contributed by atoms with Gasteiger partial charge in [-0.3, -0.25) is 0 Å². The molecule has 5 aromatic rings. The molecule has 0 spiro atoms. The molecule has 0 aliphatic carbocycles. The van der Waals surface area contributed by atoms with Crippen LogP contribution >= 0.6 is 0 Å². The highest BCUT2D eigenvalue weighted by atomic mass is 19.4. The van der Waals surface area contributed by atoms with E-state index in [1.165, 1.54) is 6.07 Å². The number of benzene rings is 3. The average Bonchev–Trinajstić information content (AvgIpc) is 3.36. The Bertz CT molecular complexity index is 1520. The van der Waals surface area contributed by atoms with E-state index in [1.54, 1.807) is 30.5 Å². The Hall–Kier alpha value is -4.93. The number of rotatable bonds is 7. The smallest absolute Gasteiger partial charge is 0.489 e. The van der Waals surface area contributed by atoms with Crippen molar-refractivity contribution in [1.82, 2.24) is 15.0 Å². The number of carboxylic acid groups (broad SMARTS) is 1. The number of aliphatic carboxylic acids is 1. The average molecular weight is 539 g/mol. The van der Waals surface area contributed by atoms with Crippen LogP contribution in [0.3, 0.4) is 0 Å². The summed E-state index contributed by atoms with van der Waals surface area (Å²) >= 11 is 0. The van der Waals surface area contributed by atoms with Gasteiger partial charge in [0.1, 0.15) is 36.4 Å². The molecule has 0 radical (unpaired) electrons. The maximum absolute atomic E-state index is 14.1. The number of halogens is 4. The maximum Gasteiger partial charge on any atom is 0.490 e. The first-order valence-electron chi connectivity index (χ1n) is 11.5. The van der Waals surface area contributed by atoms with E-state index in [2.05, 4.69) is 15.0 Å². The van der Waals surface area contributed by atoms with Gasteiger partial charge >= 0.3 is 12.1 Å². The molecular weight excluding hydrogens is 518 g/mol. The molecule has 2 heterocycles. The van der Waals surface area contributed by atoms with Crippen LogP contribution in [0.1, 0.15) is 11.1 Å². The van der Waals surface area contributed by atoms with Gasteiger partial charge in [-0.25, -0.2) is 19.2 Å². The van der Waals surface area contributed by atoms with Crippen LogP contribution in [-0.2, 0) is 18.0 Å². The summed E-state index contributed by atoms with van der Waals surface area (Å²) in [4.78, 5) is 21.0. The van der Waals surface area contributed by atoms with Crippen LogP contribution in [0.25, 0.3) is 22.6 Å². The fraction of sp³-hybridized carbons (Fsp3) is 0.107. The van der Waals surface area contributed by atoms with Gasteiger partial charge in [0.05, 0.1) is 11.1 Å². The second kappa shape index (κ2) is 12.1. The number of aromatic nitrogens is 3. The van der Waals surface area contributed by atoms with Gasteiger partial charge in [-0.1, -0.05) is 48.5 Å². The third kappa shape index (κ3) is 7.31. The number of hydrogen-bond acceptors (Lipinski definition) is 5. The number of carboxylic acids is 1. The normalized spacial score (nSPS) is 11.0. The van der Waals surface area contributed by atoms with Gasteiger partial charge in [-0.15, -0.1) is 0 Å². The van der Waals surface area contributed by atoms with E-state index in [4.69, 9.17) is 19.4 Å². The van der Waals surface area contributed by atoms with E-state index >= 15 is 0 Å². The lowest BCUT2D eigenvalue weighted by Crippen LogP contribution is -2.21. The molecule has 2 N–H and O–H groups in total. The minimum atomic E-state index is -5.08. The molecule has 3 aromatic carbocycles. The first-order valence-corrected chi connectivity index (χ1v) is 11.5. The Morgan fingerprint density at radius 1 is 0.897 bits per heavy atom. The van der Waals surface area contributed by atoms with Crippen LogP contribution in [0.4, 0.5) is 17.6 Å². The third-order valence-corrected chi connectivity index (χ3v) is 5.30. The molecule has 11 heteroatoms. The number of aromatic amines is 1. The van der Waals surface area contributed by atoms with Crippen molar-refractivity contribution in [2.75, 3.05) is 0 Å². The predicted molar refractivity (Wildman–Crippen MR) is 135 cm³/mol. The van der Waals surface area contributed by atoms with Crippen molar-refractivity contribution in [3.8, 4) is 22.9 Å². The van der Waals surface area contributed by atoms with Crippen LogP contribution < -0.4 is 9.47 Å². The van der Waals surface area contributed by atoms with Crippen molar-refractivity contribution in [2.24, 2.45) is 0 Å². The number of fused-ring (bicyclic) bond motifs is 1. The van der Waals surface area contributed by atoms with Crippen molar-refractivity contribution in [3.05, 3.63) is 108 Å². The fourth-order valence-corrected chi connectivity index (χ4v) is 3.39. The van der Waals surface area contributed by atoms with Crippen LogP contribution in [0.2, 0.25) is 0 Å². The first-order chi connectivity index (χ1) is 18.7. The maximum atomic E-state index is 14.1. The van der Waals surface area contributed by atoms with Crippen molar-refractivity contribution >= 4 is 17.1 Å². The topological polar surface area (TPSA) is 97.3 Å². The van der Waals surface area contributed by atoms with E-state index in [0.717, 1.165) is 16.6 Å². The Balaban J connectivity index is 0.000000448. The Labute approximate surface area is 219 Å². The predicted octanol–water partition coefficient (Wildman–Crippen LogP) is 6.56. The summed E-state index contributed by atoms with van der Waals surface area (Å²) in [6, 6.07) is 25.8. The molecule has 39 heavy (non-hydrogen) atoms. The number of carbonyl (C=O) groups is 1. The van der Waals surface area contributed by atoms with Gasteiger partial charge in [0, 0.05) is 17.8 Å².